The first kappa shape index (κ1) is 76.2. The molecule has 9 rings (SSSR count). The summed E-state index contributed by atoms with van der Waals surface area (Å²) in [6, 6.07) is 31.8. The molecule has 19 nitrogen and oxygen atoms in total. The van der Waals surface area contributed by atoms with Crippen molar-refractivity contribution in [3.63, 3.8) is 0 Å². The smallest absolute Gasteiger partial charge is 0.512 e. The monoisotopic (exact) mass is 1440 g/mol. The van der Waals surface area contributed by atoms with Crippen LogP contribution in [0.4, 0.5) is 27.8 Å². The minimum Gasteiger partial charge on any atom is -0.512 e. The number of benzene rings is 5. The van der Waals surface area contributed by atoms with E-state index in [1.807, 2.05) is 36.1 Å². The quantitative estimate of drug-likeness (QED) is 0.0517. The van der Waals surface area contributed by atoms with Crippen LogP contribution in [0.1, 0.15) is 62.9 Å². The van der Waals surface area contributed by atoms with Crippen molar-refractivity contribution < 1.29 is 39.0 Å². The molecule has 1 aliphatic rings. The summed E-state index contributed by atoms with van der Waals surface area (Å²) >= 11 is 17.6. The molecule has 1 aliphatic heterocycles. The van der Waals surface area contributed by atoms with Crippen molar-refractivity contribution >= 4 is 60.9 Å². The van der Waals surface area contributed by atoms with Crippen molar-refractivity contribution in [2.24, 2.45) is 26.9 Å². The Morgan fingerprint density at radius 3 is 1.43 bits per heavy atom. The van der Waals surface area contributed by atoms with Gasteiger partial charge in [-0.2, -0.15) is 21.0 Å². The summed E-state index contributed by atoms with van der Waals surface area (Å²) in [5.74, 6) is -1.35. The van der Waals surface area contributed by atoms with Gasteiger partial charge in [-0.1, -0.05) is 55.1 Å². The molecule has 1 atom stereocenters. The number of anilines is 1. The number of aromatic nitrogens is 6. The predicted octanol–water partition coefficient (Wildman–Crippen LogP) is 9.11. The summed E-state index contributed by atoms with van der Waals surface area (Å²) in [5.41, 5.74) is 7.60. The minimum absolute atomic E-state index is 0. The predicted molar refractivity (Wildman–Crippen MR) is 327 cm³/mol. The normalized spacial score (nSPS) is 11.6. The number of alkyl halides is 1. The van der Waals surface area contributed by atoms with Gasteiger partial charge in [0.2, 0.25) is 0 Å². The zero-order valence-corrected chi connectivity index (χ0v) is 53.2. The molecular weight excluding hydrogens is 1390 g/mol. The molecule has 8 aromatic rings. The number of piperidine rings is 1. The number of aromatic amines is 1. The Labute approximate surface area is 543 Å². The first-order valence-electron chi connectivity index (χ1n) is 25.3. The Kier molecular flexibility index (Phi) is 31.7. The summed E-state index contributed by atoms with van der Waals surface area (Å²) < 4.78 is 70.4. The van der Waals surface area contributed by atoms with Crippen LogP contribution in [0, 0.1) is 100 Å². The third-order valence-corrected chi connectivity index (χ3v) is 14.4. The summed E-state index contributed by atoms with van der Waals surface area (Å²) in [5, 5.41) is 42.0. The first-order chi connectivity index (χ1) is 41.7. The molecule has 0 bridgehead atoms. The molecule has 466 valence electrons. The molecule has 29 heteroatoms. The van der Waals surface area contributed by atoms with Crippen LogP contribution in [-0.2, 0) is 56.6 Å². The van der Waals surface area contributed by atoms with Gasteiger partial charge in [0.25, 0.3) is 16.7 Å². The molecule has 89 heavy (non-hydrogen) atoms. The minimum atomic E-state index is -0.629. The van der Waals surface area contributed by atoms with E-state index in [0.29, 0.717) is 57.6 Å². The fourth-order valence-corrected chi connectivity index (χ4v) is 8.80. The Balaban J connectivity index is 0.000000380. The van der Waals surface area contributed by atoms with Crippen LogP contribution >= 0.6 is 55.1 Å². The molecule has 5 aromatic carbocycles. The number of nitrogens with two attached hydrogens (primary N) is 1. The van der Waals surface area contributed by atoms with Crippen LogP contribution in [0.3, 0.4) is 0 Å². The van der Waals surface area contributed by atoms with Gasteiger partial charge in [-0.25, -0.2) is 36.3 Å². The van der Waals surface area contributed by atoms with Crippen LogP contribution < -0.4 is 44.4 Å². The number of rotatable bonds is 6. The van der Waals surface area contributed by atoms with Gasteiger partial charge in [0, 0.05) is 68.3 Å². The second kappa shape index (κ2) is 37.0. The number of hydrogen-bond donors (Lipinski definition) is 2. The Hall–Kier alpha value is -8.94. The van der Waals surface area contributed by atoms with Gasteiger partial charge < -0.3 is 22.5 Å². The number of H-pyrrole nitrogens is 1. The van der Waals surface area contributed by atoms with E-state index in [1.54, 1.807) is 13.0 Å². The molecule has 0 saturated carbocycles. The number of aryl methyl sites for hydroxylation is 2. The van der Waals surface area contributed by atoms with Crippen molar-refractivity contribution in [3.8, 4) is 24.3 Å². The number of nitriles is 4. The number of halogens is 9. The molecule has 3 aromatic heterocycles. The SMILES string of the molecule is Cc1cc(F)ccc1Br.Cc1cc(F)ccc1C#N.Cn1c(=O)cc(Cl)[nH]c1=O.Cn1c(=O)cc(Cl)n(Cc2cc(F)ccc2C#N)c1=O.Cn1c(=O)cc(N2CCC[C@@H](N)C2)n(Cc2cc(F)ccc2C#N)c1=O.N#Cc1ccc(F)cc1CBr.[C-]#N.[Cu+]. The molecule has 1 saturated heterocycles. The fourth-order valence-electron chi connectivity index (χ4n) is 7.69. The average molecular weight is 1440 g/mol. The number of nitrogens with zero attached hydrogens (tertiary/aromatic N) is 11. The standard InChI is InChI=1S/C18H20FN5O2.C13H9ClFN3O2.C8H5BrFN.C8H6FN.C7H6BrF.C5H5ClN2O2.CN.Cu/c1-22-17(25)8-16(23-6-2-3-15(21)11-23)24(18(22)26)10-13-7-14(19)5-4-12(13)9-20;1-17-12(19)5-11(14)18(13(17)20)7-9-4-10(15)3-2-8(9)6-16;9-4-7-3-8(10)2-1-6(7)5-11;1-6-4-8(9)3-2-7(6)5-10;1-5-4-6(9)2-3-7(5)8;1-8-4(9)2-3(6)7-5(8)10;1-2;/h4-5,7-8,15H,2-3,6,10-11,21H2,1H3;2-5H,7H2,1H3;1-3H,4H2;2-4H,1H3;2-4H,1H3;2H,1H3,(H,7,10);;/q;;;;;;-1;+1/t15-;;;;;;;/m1......./s1. The maximum atomic E-state index is 13.7. The summed E-state index contributed by atoms with van der Waals surface area (Å²) in [6.07, 6.45) is 1.74. The molecular formula is C60H51Br2Cl2CuF5N13O6. The van der Waals surface area contributed by atoms with Gasteiger partial charge in [-0.15, -0.1) is 0 Å². The molecule has 0 radical (unpaired) electrons. The van der Waals surface area contributed by atoms with Crippen LogP contribution in [-0.4, -0.2) is 47.0 Å². The van der Waals surface area contributed by atoms with E-state index in [-0.39, 0.29) is 75.1 Å². The second-order valence-corrected chi connectivity index (χ2v) is 20.7. The molecule has 1 fully saturated rings. The third-order valence-electron chi connectivity index (χ3n) is 12.4. The second-order valence-electron chi connectivity index (χ2n) is 18.5. The summed E-state index contributed by atoms with van der Waals surface area (Å²) in [6.45, 7) is 9.42. The average Bonchev–Trinajstić information content (AvgIpc) is 1.87. The summed E-state index contributed by atoms with van der Waals surface area (Å²) in [4.78, 5) is 73.8. The van der Waals surface area contributed by atoms with E-state index in [0.717, 1.165) is 65.4 Å². The number of nitrogens with one attached hydrogen (secondary N) is 1. The van der Waals surface area contributed by atoms with E-state index < -0.39 is 45.4 Å². The molecule has 4 heterocycles. The Morgan fingerprint density at radius 2 is 0.989 bits per heavy atom. The largest absolute Gasteiger partial charge is 1.00 e. The zero-order valence-electron chi connectivity index (χ0n) is 47.6. The van der Waals surface area contributed by atoms with Crippen LogP contribution in [0.5, 0.6) is 0 Å². The van der Waals surface area contributed by atoms with Gasteiger partial charge in [0.05, 0.1) is 59.6 Å². The van der Waals surface area contributed by atoms with E-state index >= 15 is 0 Å². The van der Waals surface area contributed by atoms with Crippen molar-refractivity contribution in [3.05, 3.63) is 272 Å². The van der Waals surface area contributed by atoms with E-state index in [2.05, 4.69) is 36.8 Å². The van der Waals surface area contributed by atoms with E-state index in [4.69, 9.17) is 56.6 Å². The fraction of sp³-hybridized carbons (Fsp3) is 0.217. The molecule has 3 N–H and O–H groups in total. The van der Waals surface area contributed by atoms with E-state index in [1.165, 1.54) is 105 Å². The first-order valence-corrected chi connectivity index (χ1v) is 28.0. The Bertz CT molecular complexity index is 4370. The van der Waals surface area contributed by atoms with Crippen LogP contribution in [0.2, 0.25) is 10.3 Å². The van der Waals surface area contributed by atoms with Gasteiger partial charge >= 0.3 is 34.1 Å². The summed E-state index contributed by atoms with van der Waals surface area (Å²) in [7, 11) is 4.08. The number of hydrogen-bond acceptors (Lipinski definition) is 13. The van der Waals surface area contributed by atoms with Gasteiger partial charge in [0.15, 0.2) is 0 Å². The third kappa shape index (κ3) is 22.6. The molecule has 0 unspecified atom stereocenters. The van der Waals surface area contributed by atoms with E-state index in [9.17, 15) is 56.0 Å². The maximum Gasteiger partial charge on any atom is 1.00 e. The van der Waals surface area contributed by atoms with Crippen molar-refractivity contribution in [2.75, 3.05) is 18.0 Å². The topological polar surface area (TPSA) is 291 Å². The molecule has 0 aliphatic carbocycles. The zero-order chi connectivity index (χ0) is 66.1. The van der Waals surface area contributed by atoms with Gasteiger partial charge in [0.1, 0.15) is 45.2 Å². The van der Waals surface area contributed by atoms with Crippen molar-refractivity contribution in [1.82, 2.24) is 27.8 Å². The van der Waals surface area contributed by atoms with Crippen LogP contribution in [0.15, 0.2) is 142 Å². The van der Waals surface area contributed by atoms with Gasteiger partial charge in [-0.3, -0.25) is 42.2 Å². The van der Waals surface area contributed by atoms with Crippen molar-refractivity contribution in [2.45, 2.75) is 51.2 Å². The van der Waals surface area contributed by atoms with Crippen molar-refractivity contribution in [1.29, 1.82) is 26.3 Å². The Morgan fingerprint density at radius 1 is 0.584 bits per heavy atom. The maximum absolute atomic E-state index is 13.7. The van der Waals surface area contributed by atoms with Gasteiger partial charge in [-0.05, 0) is 146 Å². The van der Waals surface area contributed by atoms with Crippen LogP contribution in [0.25, 0.3) is 0 Å². The molecule has 0 amide bonds. The molecule has 0 spiro atoms.